The molecule has 0 saturated heterocycles. The summed E-state index contributed by atoms with van der Waals surface area (Å²) in [5.41, 5.74) is -1.75. The topological polar surface area (TPSA) is 9.23 Å². The van der Waals surface area contributed by atoms with E-state index in [1.165, 1.54) is 19.2 Å². The van der Waals surface area contributed by atoms with Crippen LogP contribution in [0.3, 0.4) is 0 Å². The third-order valence-electron chi connectivity index (χ3n) is 2.49. The van der Waals surface area contributed by atoms with Gasteiger partial charge in [-0.3, -0.25) is 0 Å². The van der Waals surface area contributed by atoms with Crippen molar-refractivity contribution < 1.29 is 17.9 Å². The summed E-state index contributed by atoms with van der Waals surface area (Å²) in [7, 11) is 1.37. The fourth-order valence-corrected chi connectivity index (χ4v) is 1.31. The first-order valence-corrected chi connectivity index (χ1v) is 4.51. The van der Waals surface area contributed by atoms with Gasteiger partial charge in [0.05, 0.1) is 12.5 Å². The molecule has 84 valence electrons. The molecule has 15 heavy (non-hydrogen) atoms. The molecule has 0 unspecified atom stereocenters. The fourth-order valence-electron chi connectivity index (χ4n) is 1.31. The van der Waals surface area contributed by atoms with Gasteiger partial charge in [-0.2, -0.15) is 13.2 Å². The highest BCUT2D eigenvalue weighted by Crippen LogP contribution is 2.43. The van der Waals surface area contributed by atoms with Crippen molar-refractivity contribution in [1.29, 1.82) is 0 Å². The summed E-state index contributed by atoms with van der Waals surface area (Å²) in [4.78, 5) is 0. The number of para-hydroxylation sites is 1. The van der Waals surface area contributed by atoms with Crippen LogP contribution in [0.1, 0.15) is 19.4 Å². The van der Waals surface area contributed by atoms with Crippen LogP contribution in [0, 0.1) is 0 Å². The van der Waals surface area contributed by atoms with Crippen LogP contribution in [0.25, 0.3) is 0 Å². The van der Waals surface area contributed by atoms with Crippen LogP contribution in [0.4, 0.5) is 13.2 Å². The molecule has 0 heterocycles. The Hall–Kier alpha value is -1.19. The monoisotopic (exact) mass is 218 g/mol. The van der Waals surface area contributed by atoms with E-state index in [1.807, 2.05) is 0 Å². The summed E-state index contributed by atoms with van der Waals surface area (Å²) in [6, 6.07) is 6.19. The predicted molar refractivity (Wildman–Crippen MR) is 52.1 cm³/mol. The molecule has 4 heteroatoms. The molecule has 1 nitrogen and oxygen atoms in total. The Morgan fingerprint density at radius 1 is 1.07 bits per heavy atom. The number of ether oxygens (including phenoxy) is 1. The standard InChI is InChI=1S/C11H13F3O/c1-10(2,11(12,13)14)8-6-4-5-7-9(8)15-3/h4-7H,1-3H3. The van der Waals surface area contributed by atoms with E-state index in [1.54, 1.807) is 12.1 Å². The first-order chi connectivity index (χ1) is 6.80. The van der Waals surface area contributed by atoms with Crippen molar-refractivity contribution in [3.8, 4) is 5.75 Å². The van der Waals surface area contributed by atoms with Gasteiger partial charge in [0, 0.05) is 5.56 Å². The zero-order chi connectivity index (χ0) is 11.7. The Morgan fingerprint density at radius 3 is 2.07 bits per heavy atom. The highest BCUT2D eigenvalue weighted by Gasteiger charge is 2.49. The fraction of sp³-hybridized carbons (Fsp3) is 0.455. The number of methoxy groups -OCH3 is 1. The number of rotatable bonds is 2. The van der Waals surface area contributed by atoms with Crippen LogP contribution < -0.4 is 4.74 Å². The second-order valence-corrected chi connectivity index (χ2v) is 3.82. The molecule has 0 aliphatic rings. The van der Waals surface area contributed by atoms with E-state index in [0.29, 0.717) is 0 Å². The molecular weight excluding hydrogens is 205 g/mol. The molecule has 0 spiro atoms. The SMILES string of the molecule is COc1ccccc1C(C)(C)C(F)(F)F. The number of benzene rings is 1. The van der Waals surface area contributed by atoms with Crippen molar-refractivity contribution in [2.24, 2.45) is 0 Å². The lowest BCUT2D eigenvalue weighted by Crippen LogP contribution is -2.36. The Bertz CT molecular complexity index is 342. The van der Waals surface area contributed by atoms with Crippen LogP contribution in [0.2, 0.25) is 0 Å². The van der Waals surface area contributed by atoms with Crippen LogP contribution in [-0.4, -0.2) is 13.3 Å². The summed E-state index contributed by atoms with van der Waals surface area (Å²) in [6.45, 7) is 2.29. The van der Waals surface area contributed by atoms with E-state index in [4.69, 9.17) is 4.74 Å². The zero-order valence-corrected chi connectivity index (χ0v) is 8.85. The lowest BCUT2D eigenvalue weighted by Gasteiger charge is -2.29. The first kappa shape index (κ1) is 11.9. The van der Waals surface area contributed by atoms with Crippen molar-refractivity contribution in [3.05, 3.63) is 29.8 Å². The van der Waals surface area contributed by atoms with E-state index in [9.17, 15) is 13.2 Å². The predicted octanol–water partition coefficient (Wildman–Crippen LogP) is 3.54. The second-order valence-electron chi connectivity index (χ2n) is 3.82. The van der Waals surface area contributed by atoms with E-state index >= 15 is 0 Å². The summed E-state index contributed by atoms with van der Waals surface area (Å²) < 4.78 is 43.3. The smallest absolute Gasteiger partial charge is 0.398 e. The third kappa shape index (κ3) is 2.08. The van der Waals surface area contributed by atoms with E-state index in [0.717, 1.165) is 13.8 Å². The molecule has 0 amide bonds. The van der Waals surface area contributed by atoms with Gasteiger partial charge in [0.2, 0.25) is 0 Å². The van der Waals surface area contributed by atoms with Gasteiger partial charge in [-0.25, -0.2) is 0 Å². The van der Waals surface area contributed by atoms with Gasteiger partial charge in [0.1, 0.15) is 5.75 Å². The van der Waals surface area contributed by atoms with E-state index in [2.05, 4.69) is 0 Å². The summed E-state index contributed by atoms with van der Waals surface area (Å²) >= 11 is 0. The molecule has 0 fully saturated rings. The lowest BCUT2D eigenvalue weighted by molar-refractivity contribution is -0.180. The van der Waals surface area contributed by atoms with Crippen molar-refractivity contribution in [2.75, 3.05) is 7.11 Å². The zero-order valence-electron chi connectivity index (χ0n) is 8.85. The molecule has 0 aromatic heterocycles. The maximum absolute atomic E-state index is 12.8. The minimum atomic E-state index is -4.29. The quantitative estimate of drug-likeness (QED) is 0.737. The number of halogens is 3. The van der Waals surface area contributed by atoms with Crippen molar-refractivity contribution in [3.63, 3.8) is 0 Å². The van der Waals surface area contributed by atoms with Gasteiger partial charge in [-0.1, -0.05) is 18.2 Å². The van der Waals surface area contributed by atoms with Gasteiger partial charge in [-0.05, 0) is 19.9 Å². The van der Waals surface area contributed by atoms with Gasteiger partial charge in [-0.15, -0.1) is 0 Å². The summed E-state index contributed by atoms with van der Waals surface area (Å²) in [5.74, 6) is 0.264. The van der Waals surface area contributed by atoms with Crippen molar-refractivity contribution in [2.45, 2.75) is 25.4 Å². The Balaban J connectivity index is 3.26. The van der Waals surface area contributed by atoms with E-state index < -0.39 is 11.6 Å². The van der Waals surface area contributed by atoms with Gasteiger partial charge in [0.25, 0.3) is 0 Å². The molecule has 0 radical (unpaired) electrons. The van der Waals surface area contributed by atoms with Gasteiger partial charge >= 0.3 is 6.18 Å². The van der Waals surface area contributed by atoms with Crippen molar-refractivity contribution in [1.82, 2.24) is 0 Å². The Labute approximate surface area is 86.9 Å². The number of hydrogen-bond donors (Lipinski definition) is 0. The maximum atomic E-state index is 12.8. The highest BCUT2D eigenvalue weighted by molar-refractivity contribution is 5.39. The molecule has 1 aromatic rings. The van der Waals surface area contributed by atoms with Gasteiger partial charge in [0.15, 0.2) is 0 Å². The number of hydrogen-bond acceptors (Lipinski definition) is 1. The first-order valence-electron chi connectivity index (χ1n) is 4.51. The van der Waals surface area contributed by atoms with Crippen LogP contribution in [0.5, 0.6) is 5.75 Å². The third-order valence-corrected chi connectivity index (χ3v) is 2.49. The minimum absolute atomic E-state index is 0.153. The summed E-state index contributed by atoms with van der Waals surface area (Å²) in [6.07, 6.45) is -4.29. The second kappa shape index (κ2) is 3.76. The summed E-state index contributed by atoms with van der Waals surface area (Å²) in [5, 5.41) is 0. The average molecular weight is 218 g/mol. The van der Waals surface area contributed by atoms with E-state index in [-0.39, 0.29) is 11.3 Å². The normalized spacial score (nSPS) is 12.7. The van der Waals surface area contributed by atoms with Crippen LogP contribution in [-0.2, 0) is 5.41 Å². The lowest BCUT2D eigenvalue weighted by atomic mass is 9.83. The van der Waals surface area contributed by atoms with Crippen LogP contribution >= 0.6 is 0 Å². The molecule has 0 bridgehead atoms. The molecule has 1 rings (SSSR count). The Kier molecular flexibility index (Phi) is 2.98. The van der Waals surface area contributed by atoms with Crippen molar-refractivity contribution >= 4 is 0 Å². The molecule has 0 saturated carbocycles. The number of alkyl halides is 3. The highest BCUT2D eigenvalue weighted by atomic mass is 19.4. The van der Waals surface area contributed by atoms with Crippen LogP contribution in [0.15, 0.2) is 24.3 Å². The van der Waals surface area contributed by atoms with Gasteiger partial charge < -0.3 is 4.74 Å². The average Bonchev–Trinajstić information content (AvgIpc) is 2.16. The molecule has 0 atom stereocenters. The minimum Gasteiger partial charge on any atom is -0.496 e. The molecule has 0 N–H and O–H groups in total. The molecule has 0 aliphatic carbocycles. The Morgan fingerprint density at radius 2 is 1.60 bits per heavy atom. The molecule has 1 aromatic carbocycles. The maximum Gasteiger partial charge on any atom is 0.398 e. The molecule has 0 aliphatic heterocycles. The largest absolute Gasteiger partial charge is 0.496 e. The molecular formula is C11H13F3O.